The van der Waals surface area contributed by atoms with Gasteiger partial charge in [0, 0.05) is 62.2 Å². The van der Waals surface area contributed by atoms with E-state index in [1.165, 1.54) is 23.6 Å². The standard InChI is InChI=1S/C31H38F3N7O3S/c1-3-22-7-5-11-41(22)20-26-28(21-8-9-25(44-4-2)23(17-21)31(32,33)34)37-30(45-26)38-29(43)24-18-36-27(19-35-24)40-14-12-39(13-15-40)10-6-16-42/h8-9,16-19,22H,3-7,10-15,20H2,1-2H3,(H,37,38,43). The molecule has 14 heteroatoms. The van der Waals surface area contributed by atoms with Crippen molar-refractivity contribution < 1.29 is 27.5 Å². The highest BCUT2D eigenvalue weighted by Gasteiger charge is 2.35. The molecule has 0 bridgehead atoms. The highest BCUT2D eigenvalue weighted by Crippen LogP contribution is 2.41. The van der Waals surface area contributed by atoms with Gasteiger partial charge in [0.1, 0.15) is 23.5 Å². The number of nitrogens with zero attached hydrogens (tertiary/aromatic N) is 6. The molecule has 0 saturated carbocycles. The molecule has 2 fully saturated rings. The molecule has 45 heavy (non-hydrogen) atoms. The molecule has 1 atom stereocenters. The summed E-state index contributed by atoms with van der Waals surface area (Å²) in [5, 5.41) is 3.07. The molecular weight excluding hydrogens is 607 g/mol. The number of likely N-dealkylation sites (tertiary alicyclic amines) is 1. The molecule has 2 aliphatic heterocycles. The minimum atomic E-state index is -4.61. The van der Waals surface area contributed by atoms with Crippen LogP contribution in [0.2, 0.25) is 0 Å². The van der Waals surface area contributed by atoms with Gasteiger partial charge in [-0.05, 0) is 50.9 Å². The maximum atomic E-state index is 14.0. The van der Waals surface area contributed by atoms with Gasteiger partial charge in [-0.25, -0.2) is 15.0 Å². The molecule has 2 aliphatic rings. The molecule has 0 spiro atoms. The van der Waals surface area contributed by atoms with Crippen molar-refractivity contribution in [2.75, 3.05) is 56.1 Å². The number of rotatable bonds is 12. The van der Waals surface area contributed by atoms with Crippen molar-refractivity contribution >= 4 is 34.5 Å². The van der Waals surface area contributed by atoms with Gasteiger partial charge in [0.2, 0.25) is 0 Å². The maximum absolute atomic E-state index is 14.0. The number of anilines is 2. The van der Waals surface area contributed by atoms with Gasteiger partial charge in [-0.3, -0.25) is 19.9 Å². The third kappa shape index (κ3) is 7.97. The molecule has 10 nitrogen and oxygen atoms in total. The lowest BCUT2D eigenvalue weighted by Gasteiger charge is -2.34. The van der Waals surface area contributed by atoms with Crippen LogP contribution in [0.25, 0.3) is 11.3 Å². The van der Waals surface area contributed by atoms with Crippen molar-refractivity contribution in [1.29, 1.82) is 0 Å². The number of ether oxygens (including phenoxy) is 1. The highest BCUT2D eigenvalue weighted by atomic mass is 32.1. The fourth-order valence-electron chi connectivity index (χ4n) is 5.87. The van der Waals surface area contributed by atoms with E-state index < -0.39 is 17.6 Å². The first-order valence-electron chi connectivity index (χ1n) is 15.3. The Labute approximate surface area is 264 Å². The summed E-state index contributed by atoms with van der Waals surface area (Å²) >= 11 is 1.26. The minimum absolute atomic E-state index is 0.104. The van der Waals surface area contributed by atoms with Gasteiger partial charge in [-0.15, -0.1) is 0 Å². The van der Waals surface area contributed by atoms with Crippen molar-refractivity contribution in [3.63, 3.8) is 0 Å². The summed E-state index contributed by atoms with van der Waals surface area (Å²) < 4.78 is 47.2. The van der Waals surface area contributed by atoms with Crippen LogP contribution in [0.1, 0.15) is 60.5 Å². The summed E-state index contributed by atoms with van der Waals surface area (Å²) in [7, 11) is 0. The second-order valence-electron chi connectivity index (χ2n) is 11.1. The summed E-state index contributed by atoms with van der Waals surface area (Å²) in [6, 6.07) is 4.37. The first-order chi connectivity index (χ1) is 21.7. The van der Waals surface area contributed by atoms with Gasteiger partial charge >= 0.3 is 6.18 Å². The zero-order valence-electron chi connectivity index (χ0n) is 25.5. The molecule has 5 rings (SSSR count). The largest absolute Gasteiger partial charge is 0.493 e. The van der Waals surface area contributed by atoms with E-state index in [0.29, 0.717) is 36.1 Å². The van der Waals surface area contributed by atoms with Gasteiger partial charge < -0.3 is 14.4 Å². The molecular formula is C31H38F3N7O3S. The normalized spacial score (nSPS) is 17.9. The number of hydrogen-bond acceptors (Lipinski definition) is 10. The Morgan fingerprint density at radius 3 is 2.60 bits per heavy atom. The number of benzene rings is 1. The fourth-order valence-corrected chi connectivity index (χ4v) is 6.87. The fraction of sp³-hybridized carbons (Fsp3) is 0.516. The van der Waals surface area contributed by atoms with E-state index in [2.05, 4.69) is 41.9 Å². The topological polar surface area (TPSA) is 104 Å². The van der Waals surface area contributed by atoms with E-state index in [-0.39, 0.29) is 23.2 Å². The number of carbonyl (C=O) groups excluding carboxylic acids is 2. The van der Waals surface area contributed by atoms with Crippen LogP contribution in [-0.2, 0) is 17.5 Å². The van der Waals surface area contributed by atoms with Crippen molar-refractivity contribution in [2.24, 2.45) is 0 Å². The van der Waals surface area contributed by atoms with Crippen LogP contribution in [0.15, 0.2) is 30.6 Å². The number of amides is 1. The Morgan fingerprint density at radius 1 is 1.13 bits per heavy atom. The van der Waals surface area contributed by atoms with Crippen LogP contribution in [0.4, 0.5) is 24.1 Å². The lowest BCUT2D eigenvalue weighted by Crippen LogP contribution is -2.47. The van der Waals surface area contributed by atoms with Gasteiger partial charge in [0.25, 0.3) is 5.91 Å². The number of alkyl halides is 3. The quantitative estimate of drug-likeness (QED) is 0.261. The number of aldehydes is 1. The van der Waals surface area contributed by atoms with Gasteiger partial charge in [0.05, 0.1) is 30.3 Å². The summed E-state index contributed by atoms with van der Waals surface area (Å²) in [6.07, 6.45) is 2.91. The second kappa shape index (κ2) is 14.6. The van der Waals surface area contributed by atoms with Gasteiger partial charge in [-0.1, -0.05) is 18.3 Å². The lowest BCUT2D eigenvalue weighted by molar-refractivity contribution is -0.138. The number of carbonyl (C=O) groups is 2. The zero-order valence-corrected chi connectivity index (χ0v) is 26.3. The smallest absolute Gasteiger partial charge is 0.419 e. The van der Waals surface area contributed by atoms with Crippen LogP contribution < -0.4 is 15.0 Å². The average molecular weight is 646 g/mol. The third-order valence-electron chi connectivity index (χ3n) is 8.22. The maximum Gasteiger partial charge on any atom is 0.419 e. The van der Waals surface area contributed by atoms with Crippen molar-refractivity contribution in [2.45, 2.75) is 58.3 Å². The molecule has 1 unspecified atom stereocenters. The lowest BCUT2D eigenvalue weighted by atomic mass is 10.1. The van der Waals surface area contributed by atoms with Crippen LogP contribution >= 0.6 is 11.3 Å². The molecule has 1 aromatic carbocycles. The summed E-state index contributed by atoms with van der Waals surface area (Å²) in [4.78, 5) is 44.6. The monoisotopic (exact) mass is 645 g/mol. The third-order valence-corrected chi connectivity index (χ3v) is 9.18. The van der Waals surface area contributed by atoms with E-state index in [1.54, 1.807) is 19.2 Å². The highest BCUT2D eigenvalue weighted by molar-refractivity contribution is 7.16. The van der Waals surface area contributed by atoms with Crippen molar-refractivity contribution in [3.05, 3.63) is 46.7 Å². The van der Waals surface area contributed by atoms with E-state index >= 15 is 0 Å². The van der Waals surface area contributed by atoms with E-state index in [4.69, 9.17) is 4.74 Å². The Bertz CT molecular complexity index is 1460. The zero-order chi connectivity index (χ0) is 32.0. The van der Waals surface area contributed by atoms with E-state index in [0.717, 1.165) is 75.8 Å². The Hall–Kier alpha value is -3.62. The second-order valence-corrected chi connectivity index (χ2v) is 12.2. The Morgan fingerprint density at radius 2 is 1.93 bits per heavy atom. The molecule has 2 saturated heterocycles. The van der Waals surface area contributed by atoms with E-state index in [1.807, 2.05) is 0 Å². The SMILES string of the molecule is CCOc1ccc(-c2nc(NC(=O)c3cnc(N4CCN(CCC=O)CC4)cn3)sc2CN2CCCC2CC)cc1C(F)(F)F. The number of hydrogen-bond donors (Lipinski definition) is 1. The van der Waals surface area contributed by atoms with Crippen LogP contribution in [0.5, 0.6) is 5.75 Å². The Balaban J connectivity index is 1.35. The number of halogens is 3. The molecule has 1 amide bonds. The molecule has 3 aromatic rings. The first kappa shape index (κ1) is 32.8. The summed E-state index contributed by atoms with van der Waals surface area (Å²) in [5.41, 5.74) is -0.0519. The number of aromatic nitrogens is 3. The summed E-state index contributed by atoms with van der Waals surface area (Å²) in [5.74, 6) is -0.0752. The summed E-state index contributed by atoms with van der Waals surface area (Å²) in [6.45, 7) is 9.12. The molecule has 4 heterocycles. The Kier molecular flexibility index (Phi) is 10.7. The minimum Gasteiger partial charge on any atom is -0.493 e. The van der Waals surface area contributed by atoms with Crippen molar-refractivity contribution in [3.8, 4) is 17.0 Å². The van der Waals surface area contributed by atoms with Crippen LogP contribution in [-0.4, -0.2) is 88.9 Å². The molecule has 0 radical (unpaired) electrons. The van der Waals surface area contributed by atoms with Crippen LogP contribution in [0, 0.1) is 0 Å². The molecule has 2 aromatic heterocycles. The van der Waals surface area contributed by atoms with Crippen LogP contribution in [0.3, 0.4) is 0 Å². The number of nitrogens with one attached hydrogen (secondary N) is 1. The van der Waals surface area contributed by atoms with E-state index in [9.17, 15) is 22.8 Å². The average Bonchev–Trinajstić information content (AvgIpc) is 3.66. The van der Waals surface area contributed by atoms with Crippen molar-refractivity contribution in [1.82, 2.24) is 24.8 Å². The number of thiazole rings is 1. The number of piperazine rings is 1. The molecule has 242 valence electrons. The molecule has 1 N–H and O–H groups in total. The predicted octanol–water partition coefficient (Wildman–Crippen LogP) is 5.36. The van der Waals surface area contributed by atoms with Gasteiger partial charge in [0.15, 0.2) is 5.13 Å². The molecule has 0 aliphatic carbocycles. The predicted molar refractivity (Wildman–Crippen MR) is 167 cm³/mol. The first-order valence-corrected chi connectivity index (χ1v) is 16.1. The van der Waals surface area contributed by atoms with Gasteiger partial charge in [-0.2, -0.15) is 13.2 Å².